The number of benzene rings is 1. The number of nitrogens with zero attached hydrogens (tertiary/aromatic N) is 3. The maximum absolute atomic E-state index is 13.3. The summed E-state index contributed by atoms with van der Waals surface area (Å²) in [4.78, 5) is 12.5. The smallest absolute Gasteiger partial charge is 0.237 e. The highest BCUT2D eigenvalue weighted by Gasteiger charge is 2.33. The Morgan fingerprint density at radius 1 is 1.52 bits per heavy atom. The van der Waals surface area contributed by atoms with Crippen LogP contribution in [0.4, 0.5) is 10.1 Å². The van der Waals surface area contributed by atoms with Crippen molar-refractivity contribution in [3.8, 4) is 0 Å². The molecule has 2 heterocycles. The number of aromatic nitrogens is 3. The number of amides is 1. The van der Waals surface area contributed by atoms with E-state index in [0.29, 0.717) is 29.6 Å². The van der Waals surface area contributed by atoms with Crippen molar-refractivity contribution in [1.29, 1.82) is 0 Å². The topological polar surface area (TPSA) is 93.9 Å². The molecule has 1 aliphatic heterocycles. The lowest BCUT2D eigenvalue weighted by Gasteiger charge is -2.14. The molecule has 0 aliphatic carbocycles. The van der Waals surface area contributed by atoms with Crippen LogP contribution in [0.5, 0.6) is 0 Å². The molecule has 156 valence electrons. The van der Waals surface area contributed by atoms with Crippen LogP contribution in [0.25, 0.3) is 0 Å². The van der Waals surface area contributed by atoms with Crippen LogP contribution in [0, 0.1) is 5.82 Å². The summed E-state index contributed by atoms with van der Waals surface area (Å²) in [5.74, 6) is -0.311. The second-order valence-electron chi connectivity index (χ2n) is 6.72. The van der Waals surface area contributed by atoms with Gasteiger partial charge in [0, 0.05) is 18.2 Å². The zero-order valence-corrected chi connectivity index (χ0v) is 18.0. The monoisotopic (exact) mass is 458 g/mol. The summed E-state index contributed by atoms with van der Waals surface area (Å²) in [6.45, 7) is 5.84. The van der Waals surface area contributed by atoms with Gasteiger partial charge in [0.1, 0.15) is 11.6 Å². The van der Waals surface area contributed by atoms with Crippen molar-refractivity contribution >= 4 is 44.8 Å². The van der Waals surface area contributed by atoms with Crippen LogP contribution in [0.15, 0.2) is 36.0 Å². The molecule has 1 fully saturated rings. The van der Waals surface area contributed by atoms with Gasteiger partial charge in [0.05, 0.1) is 21.8 Å². The quantitative estimate of drug-likeness (QED) is 0.505. The Morgan fingerprint density at radius 2 is 2.28 bits per heavy atom. The number of hydrogen-bond donors (Lipinski definition) is 1. The molecule has 0 saturated carbocycles. The Hall–Kier alpha value is -1.91. The van der Waals surface area contributed by atoms with Crippen molar-refractivity contribution in [2.45, 2.75) is 36.2 Å². The first-order valence-corrected chi connectivity index (χ1v) is 11.9. The number of carbonyl (C=O) groups excluding carboxylic acids is 1. The summed E-state index contributed by atoms with van der Waals surface area (Å²) in [5.41, 5.74) is 0.387. The normalized spacial score (nSPS) is 19.1. The minimum atomic E-state index is -3.06. The Labute approximate surface area is 177 Å². The highest BCUT2D eigenvalue weighted by molar-refractivity contribution is 8.00. The summed E-state index contributed by atoms with van der Waals surface area (Å²) in [6.07, 6.45) is 2.18. The van der Waals surface area contributed by atoms with Gasteiger partial charge in [-0.1, -0.05) is 29.4 Å². The molecule has 1 amide bonds. The van der Waals surface area contributed by atoms with Crippen LogP contribution in [-0.2, 0) is 21.2 Å². The average Bonchev–Trinajstić information content (AvgIpc) is 3.21. The lowest BCUT2D eigenvalue weighted by Crippen LogP contribution is -2.23. The Bertz CT molecular complexity index is 1040. The molecule has 0 bridgehead atoms. The molecule has 2 unspecified atom stereocenters. The van der Waals surface area contributed by atoms with Gasteiger partial charge in [0.25, 0.3) is 0 Å². The van der Waals surface area contributed by atoms with E-state index in [4.69, 9.17) is 11.6 Å². The van der Waals surface area contributed by atoms with Gasteiger partial charge >= 0.3 is 0 Å². The molecule has 2 aromatic rings. The predicted molar refractivity (Wildman–Crippen MR) is 112 cm³/mol. The molecule has 29 heavy (non-hydrogen) atoms. The van der Waals surface area contributed by atoms with Gasteiger partial charge in [-0.05, 0) is 31.5 Å². The number of thioether (sulfide) groups is 1. The minimum Gasteiger partial charge on any atom is -0.325 e. The highest BCUT2D eigenvalue weighted by atomic mass is 35.5. The van der Waals surface area contributed by atoms with E-state index in [1.54, 1.807) is 17.6 Å². The molecule has 3 rings (SSSR count). The van der Waals surface area contributed by atoms with Crippen LogP contribution in [0.3, 0.4) is 0 Å². The van der Waals surface area contributed by atoms with E-state index in [2.05, 4.69) is 22.1 Å². The molecule has 1 aliphatic rings. The first kappa shape index (κ1) is 21.8. The summed E-state index contributed by atoms with van der Waals surface area (Å²) in [6, 6.07) is 3.94. The van der Waals surface area contributed by atoms with Crippen molar-refractivity contribution in [3.05, 3.63) is 47.5 Å². The fourth-order valence-electron chi connectivity index (χ4n) is 3.02. The number of allylic oxidation sites excluding steroid dienone is 1. The zero-order valence-electron chi connectivity index (χ0n) is 15.6. The van der Waals surface area contributed by atoms with Crippen molar-refractivity contribution < 1.29 is 17.6 Å². The van der Waals surface area contributed by atoms with E-state index < -0.39 is 20.9 Å². The fraction of sp³-hybridized carbons (Fsp3) is 0.389. The third-order valence-corrected chi connectivity index (χ3v) is 7.63. The van der Waals surface area contributed by atoms with Crippen LogP contribution in [-0.4, -0.2) is 45.8 Å². The zero-order chi connectivity index (χ0) is 21.2. The van der Waals surface area contributed by atoms with Crippen molar-refractivity contribution in [2.24, 2.45) is 0 Å². The lowest BCUT2D eigenvalue weighted by molar-refractivity contribution is -0.115. The molecule has 0 spiro atoms. The second kappa shape index (κ2) is 8.85. The molecule has 7 nitrogen and oxygen atoms in total. The average molecular weight is 459 g/mol. The SMILES string of the molecule is C=CCn1c(SC(C)C(=O)Nc2ccc(F)c(Cl)c2)nnc1C1CCS(=O)(=O)C1. The van der Waals surface area contributed by atoms with E-state index in [-0.39, 0.29) is 28.4 Å². The molecule has 1 aromatic heterocycles. The number of anilines is 1. The van der Waals surface area contributed by atoms with E-state index in [1.165, 1.54) is 30.0 Å². The van der Waals surface area contributed by atoms with E-state index in [0.717, 1.165) is 0 Å². The summed E-state index contributed by atoms with van der Waals surface area (Å²) >= 11 is 6.94. The molecular weight excluding hydrogens is 439 g/mol. The van der Waals surface area contributed by atoms with E-state index in [9.17, 15) is 17.6 Å². The molecular formula is C18H20ClFN4O3S2. The van der Waals surface area contributed by atoms with Crippen LogP contribution in [0.1, 0.15) is 25.1 Å². The largest absolute Gasteiger partial charge is 0.325 e. The van der Waals surface area contributed by atoms with Crippen molar-refractivity contribution in [1.82, 2.24) is 14.8 Å². The van der Waals surface area contributed by atoms with Crippen LogP contribution < -0.4 is 5.32 Å². The first-order valence-electron chi connectivity index (χ1n) is 8.87. The van der Waals surface area contributed by atoms with Gasteiger partial charge in [-0.15, -0.1) is 16.8 Å². The Kier molecular flexibility index (Phi) is 6.65. The number of hydrogen-bond acceptors (Lipinski definition) is 6. The molecule has 1 saturated heterocycles. The van der Waals surface area contributed by atoms with Crippen LogP contribution >= 0.6 is 23.4 Å². The van der Waals surface area contributed by atoms with Gasteiger partial charge in [0.2, 0.25) is 5.91 Å². The number of nitrogens with one attached hydrogen (secondary N) is 1. The molecule has 2 atom stereocenters. The molecule has 11 heteroatoms. The number of rotatable bonds is 7. The van der Waals surface area contributed by atoms with Gasteiger partial charge in [-0.25, -0.2) is 12.8 Å². The van der Waals surface area contributed by atoms with Gasteiger partial charge in [0.15, 0.2) is 15.0 Å². The summed E-state index contributed by atoms with van der Waals surface area (Å²) in [7, 11) is -3.06. The van der Waals surface area contributed by atoms with Crippen molar-refractivity contribution in [3.63, 3.8) is 0 Å². The fourth-order valence-corrected chi connectivity index (χ4v) is 5.80. The van der Waals surface area contributed by atoms with Gasteiger partial charge in [-0.3, -0.25) is 4.79 Å². The number of halogens is 2. The number of sulfone groups is 1. The minimum absolute atomic E-state index is 0.0499. The van der Waals surface area contributed by atoms with Gasteiger partial charge < -0.3 is 9.88 Å². The van der Waals surface area contributed by atoms with E-state index in [1.807, 2.05) is 0 Å². The van der Waals surface area contributed by atoms with E-state index >= 15 is 0 Å². The third kappa shape index (κ3) is 5.18. The molecule has 1 N–H and O–H groups in total. The summed E-state index contributed by atoms with van der Waals surface area (Å²) < 4.78 is 38.7. The van der Waals surface area contributed by atoms with Crippen LogP contribution in [0.2, 0.25) is 5.02 Å². The maximum Gasteiger partial charge on any atom is 0.237 e. The third-order valence-electron chi connectivity index (χ3n) is 4.49. The predicted octanol–water partition coefficient (Wildman–Crippen LogP) is 3.28. The van der Waals surface area contributed by atoms with Crippen molar-refractivity contribution in [2.75, 3.05) is 16.8 Å². The Morgan fingerprint density at radius 3 is 2.90 bits per heavy atom. The second-order valence-corrected chi connectivity index (χ2v) is 10.7. The molecule has 0 radical (unpaired) electrons. The lowest BCUT2D eigenvalue weighted by atomic mass is 10.1. The standard InChI is InChI=1S/C18H20ClFN4O3S2/c1-3-7-24-16(12-6-8-29(26,27)10-12)22-23-18(24)28-11(2)17(25)21-13-4-5-15(20)14(19)9-13/h3-5,9,11-12H,1,6-8,10H2,2H3,(H,21,25). The molecule has 1 aromatic carbocycles. The highest BCUT2D eigenvalue weighted by Crippen LogP contribution is 2.31. The number of carbonyl (C=O) groups is 1. The van der Waals surface area contributed by atoms with Gasteiger partial charge in [-0.2, -0.15) is 0 Å². The maximum atomic E-state index is 13.3. The summed E-state index contributed by atoms with van der Waals surface area (Å²) in [5, 5.41) is 10.9. The Balaban J connectivity index is 1.73. The first-order chi connectivity index (χ1) is 13.7.